The van der Waals surface area contributed by atoms with Crippen LogP contribution in [0.25, 0.3) is 0 Å². The summed E-state index contributed by atoms with van der Waals surface area (Å²) in [6.07, 6.45) is 0. The third-order valence-electron chi connectivity index (χ3n) is 2.89. The van der Waals surface area contributed by atoms with Crippen molar-refractivity contribution in [1.82, 2.24) is 9.97 Å². The molecule has 2 rings (SSSR count). The third kappa shape index (κ3) is 2.93. The molecule has 0 bridgehead atoms. The molecule has 5 nitrogen and oxygen atoms in total. The van der Waals surface area contributed by atoms with Crippen LogP contribution in [0.5, 0.6) is 0 Å². The van der Waals surface area contributed by atoms with E-state index in [9.17, 15) is 0 Å². The van der Waals surface area contributed by atoms with Gasteiger partial charge < -0.3 is 16.0 Å². The highest BCUT2D eigenvalue weighted by Crippen LogP contribution is 2.26. The van der Waals surface area contributed by atoms with E-state index in [-0.39, 0.29) is 5.95 Å². The zero-order valence-electron chi connectivity index (χ0n) is 11.5. The van der Waals surface area contributed by atoms with Crippen molar-refractivity contribution in [3.63, 3.8) is 0 Å². The smallest absolute Gasteiger partial charge is 0.223 e. The summed E-state index contributed by atoms with van der Waals surface area (Å²) in [4.78, 5) is 10.5. The number of nitrogens with two attached hydrogens (primary N) is 1. The number of nitrogens with zero attached hydrogens (tertiary/aromatic N) is 3. The summed E-state index contributed by atoms with van der Waals surface area (Å²) in [7, 11) is 1.81. The van der Waals surface area contributed by atoms with Crippen LogP contribution >= 0.6 is 0 Å². The first-order chi connectivity index (χ1) is 9.13. The Morgan fingerprint density at radius 3 is 2.68 bits per heavy atom. The first-order valence-corrected chi connectivity index (χ1v) is 6.30. The van der Waals surface area contributed by atoms with Crippen LogP contribution in [-0.2, 0) is 0 Å². The largest absolute Gasteiger partial charge is 0.373 e. The van der Waals surface area contributed by atoms with Gasteiger partial charge in [-0.1, -0.05) is 12.1 Å². The molecule has 0 saturated heterocycles. The SMILES string of the molecule is CCN(c1cccc(C)c1)c1cc(NC)nc(N)n1. The second-order valence-corrected chi connectivity index (χ2v) is 4.30. The molecule has 0 radical (unpaired) electrons. The zero-order chi connectivity index (χ0) is 13.8. The number of rotatable bonds is 4. The van der Waals surface area contributed by atoms with E-state index in [1.807, 2.05) is 19.2 Å². The Balaban J connectivity index is 2.44. The molecule has 0 aliphatic carbocycles. The van der Waals surface area contributed by atoms with Crippen LogP contribution in [0.2, 0.25) is 0 Å². The second kappa shape index (κ2) is 5.56. The second-order valence-electron chi connectivity index (χ2n) is 4.30. The van der Waals surface area contributed by atoms with E-state index in [1.54, 1.807) is 0 Å². The minimum absolute atomic E-state index is 0.271. The molecule has 0 saturated carbocycles. The topological polar surface area (TPSA) is 67.1 Å². The molecule has 0 spiro atoms. The normalized spacial score (nSPS) is 10.3. The lowest BCUT2D eigenvalue weighted by atomic mass is 10.2. The fraction of sp³-hybridized carbons (Fsp3) is 0.286. The summed E-state index contributed by atoms with van der Waals surface area (Å²) < 4.78 is 0. The first kappa shape index (κ1) is 13.1. The van der Waals surface area contributed by atoms with Crippen molar-refractivity contribution in [2.45, 2.75) is 13.8 Å². The van der Waals surface area contributed by atoms with Crippen molar-refractivity contribution in [1.29, 1.82) is 0 Å². The molecule has 1 aromatic carbocycles. The number of nitrogens with one attached hydrogen (secondary N) is 1. The van der Waals surface area contributed by atoms with E-state index in [1.165, 1.54) is 5.56 Å². The van der Waals surface area contributed by atoms with Crippen LogP contribution in [0.1, 0.15) is 12.5 Å². The number of benzene rings is 1. The van der Waals surface area contributed by atoms with Crippen LogP contribution in [0, 0.1) is 6.92 Å². The molecular formula is C14H19N5. The minimum atomic E-state index is 0.271. The molecule has 0 aliphatic heterocycles. The van der Waals surface area contributed by atoms with Crippen molar-refractivity contribution in [2.24, 2.45) is 0 Å². The average molecular weight is 257 g/mol. The summed E-state index contributed by atoms with van der Waals surface area (Å²) in [5.74, 6) is 1.78. The van der Waals surface area contributed by atoms with Gasteiger partial charge in [-0.25, -0.2) is 0 Å². The highest BCUT2D eigenvalue weighted by Gasteiger charge is 2.11. The lowest BCUT2D eigenvalue weighted by Crippen LogP contribution is -2.18. The predicted molar refractivity (Wildman–Crippen MR) is 79.9 cm³/mol. The van der Waals surface area contributed by atoms with Gasteiger partial charge in [0.15, 0.2) is 0 Å². The summed E-state index contributed by atoms with van der Waals surface area (Å²) >= 11 is 0. The molecule has 0 fully saturated rings. The van der Waals surface area contributed by atoms with Crippen molar-refractivity contribution < 1.29 is 0 Å². The van der Waals surface area contributed by atoms with Gasteiger partial charge in [0.25, 0.3) is 0 Å². The highest BCUT2D eigenvalue weighted by atomic mass is 15.2. The lowest BCUT2D eigenvalue weighted by molar-refractivity contribution is 0.980. The minimum Gasteiger partial charge on any atom is -0.373 e. The third-order valence-corrected chi connectivity index (χ3v) is 2.89. The number of anilines is 4. The number of hydrogen-bond acceptors (Lipinski definition) is 5. The van der Waals surface area contributed by atoms with Crippen LogP contribution < -0.4 is 16.0 Å². The van der Waals surface area contributed by atoms with Crippen LogP contribution in [-0.4, -0.2) is 23.6 Å². The quantitative estimate of drug-likeness (QED) is 0.881. The van der Waals surface area contributed by atoms with Crippen LogP contribution in [0.15, 0.2) is 30.3 Å². The molecule has 1 heterocycles. The van der Waals surface area contributed by atoms with E-state index in [0.29, 0.717) is 5.82 Å². The van der Waals surface area contributed by atoms with Crippen molar-refractivity contribution in [3.8, 4) is 0 Å². The molecule has 0 aliphatic rings. The van der Waals surface area contributed by atoms with E-state index in [4.69, 9.17) is 5.73 Å². The molecule has 3 N–H and O–H groups in total. The molecule has 0 unspecified atom stereocenters. The van der Waals surface area contributed by atoms with Gasteiger partial charge in [0.1, 0.15) is 11.6 Å². The summed E-state index contributed by atoms with van der Waals surface area (Å²) in [5, 5.41) is 2.99. The Morgan fingerprint density at radius 1 is 1.26 bits per heavy atom. The Hall–Kier alpha value is -2.30. The average Bonchev–Trinajstić information content (AvgIpc) is 2.39. The first-order valence-electron chi connectivity index (χ1n) is 6.30. The molecule has 2 aromatic rings. The molecule has 0 amide bonds. The summed E-state index contributed by atoms with van der Waals surface area (Å²) in [5.41, 5.74) is 8.06. The van der Waals surface area contributed by atoms with Crippen LogP contribution in [0.4, 0.5) is 23.3 Å². The predicted octanol–water partition coefficient (Wildman–Crippen LogP) is 2.57. The van der Waals surface area contributed by atoms with Crippen molar-refractivity contribution in [3.05, 3.63) is 35.9 Å². The van der Waals surface area contributed by atoms with Gasteiger partial charge in [0, 0.05) is 25.3 Å². The Bertz CT molecular complexity index is 568. The monoisotopic (exact) mass is 257 g/mol. The van der Waals surface area contributed by atoms with Gasteiger partial charge in [-0.05, 0) is 31.5 Å². The van der Waals surface area contributed by atoms with E-state index in [0.717, 1.165) is 18.1 Å². The van der Waals surface area contributed by atoms with Gasteiger partial charge in [-0.15, -0.1) is 0 Å². The van der Waals surface area contributed by atoms with Crippen molar-refractivity contribution >= 4 is 23.3 Å². The van der Waals surface area contributed by atoms with Gasteiger partial charge in [0.2, 0.25) is 5.95 Å². The maximum absolute atomic E-state index is 5.75. The Labute approximate surface area is 113 Å². The van der Waals surface area contributed by atoms with Gasteiger partial charge in [-0.2, -0.15) is 9.97 Å². The van der Waals surface area contributed by atoms with Gasteiger partial charge in [-0.3, -0.25) is 0 Å². The van der Waals surface area contributed by atoms with Crippen LogP contribution in [0.3, 0.4) is 0 Å². The maximum atomic E-state index is 5.75. The molecule has 1 aromatic heterocycles. The fourth-order valence-corrected chi connectivity index (χ4v) is 1.99. The highest BCUT2D eigenvalue weighted by molar-refractivity contribution is 5.64. The maximum Gasteiger partial charge on any atom is 0.223 e. The molecular weight excluding hydrogens is 238 g/mol. The summed E-state index contributed by atoms with van der Waals surface area (Å²) in [6, 6.07) is 10.2. The molecule has 19 heavy (non-hydrogen) atoms. The number of aromatic nitrogens is 2. The Kier molecular flexibility index (Phi) is 3.85. The van der Waals surface area contributed by atoms with Crippen molar-refractivity contribution in [2.75, 3.05) is 29.5 Å². The molecule has 0 atom stereocenters. The van der Waals surface area contributed by atoms with E-state index >= 15 is 0 Å². The van der Waals surface area contributed by atoms with E-state index in [2.05, 4.69) is 52.2 Å². The molecule has 100 valence electrons. The Morgan fingerprint density at radius 2 is 2.05 bits per heavy atom. The standard InChI is InChI=1S/C14H19N5/c1-4-19(11-7-5-6-10(2)8-11)13-9-12(16-3)17-14(15)18-13/h5-9H,4H2,1-3H3,(H3,15,16,17,18). The summed E-state index contributed by atoms with van der Waals surface area (Å²) in [6.45, 7) is 4.97. The number of aryl methyl sites for hydroxylation is 1. The zero-order valence-corrected chi connectivity index (χ0v) is 11.5. The molecule has 5 heteroatoms. The fourth-order valence-electron chi connectivity index (χ4n) is 1.99. The van der Waals surface area contributed by atoms with Gasteiger partial charge in [0.05, 0.1) is 0 Å². The number of nitrogen functional groups attached to an aromatic ring is 1. The number of hydrogen-bond donors (Lipinski definition) is 2. The van der Waals surface area contributed by atoms with E-state index < -0.39 is 0 Å². The van der Waals surface area contributed by atoms with Gasteiger partial charge >= 0.3 is 0 Å². The lowest BCUT2D eigenvalue weighted by Gasteiger charge is -2.23.